The zero-order chi connectivity index (χ0) is 12.1. The highest BCUT2D eigenvalue weighted by Gasteiger charge is 2.08. The summed E-state index contributed by atoms with van der Waals surface area (Å²) in [5.41, 5.74) is 1.59. The van der Waals surface area contributed by atoms with Gasteiger partial charge in [0, 0.05) is 4.47 Å². The third-order valence-electron chi connectivity index (χ3n) is 2.34. The lowest BCUT2D eigenvalue weighted by molar-refractivity contribution is 0.111. The molecule has 0 radical (unpaired) electrons. The highest BCUT2D eigenvalue weighted by atomic mass is 79.9. The van der Waals surface area contributed by atoms with Crippen LogP contribution in [0.25, 0.3) is 0 Å². The zero-order valence-corrected chi connectivity index (χ0v) is 11.5. The maximum absolute atomic E-state index is 10.9. The normalized spacial score (nSPS) is 10.6. The van der Waals surface area contributed by atoms with E-state index in [1.54, 1.807) is 6.07 Å². The van der Waals surface area contributed by atoms with Crippen molar-refractivity contribution in [1.82, 2.24) is 0 Å². The Kier molecular flexibility index (Phi) is 5.00. The minimum Gasteiger partial charge on any atom is -0.493 e. The Morgan fingerprint density at radius 3 is 2.69 bits per heavy atom. The van der Waals surface area contributed by atoms with E-state index in [0.717, 1.165) is 22.7 Å². The third kappa shape index (κ3) is 3.63. The molecule has 0 aromatic heterocycles. The quantitative estimate of drug-likeness (QED) is 0.764. The van der Waals surface area contributed by atoms with E-state index in [4.69, 9.17) is 4.74 Å². The van der Waals surface area contributed by atoms with E-state index in [1.807, 2.05) is 13.0 Å². The summed E-state index contributed by atoms with van der Waals surface area (Å²) >= 11 is 3.36. The number of aryl methyl sites for hydroxylation is 1. The Bertz CT molecular complexity index is 372. The van der Waals surface area contributed by atoms with Crippen molar-refractivity contribution in [2.24, 2.45) is 5.92 Å². The lowest BCUT2D eigenvalue weighted by Gasteiger charge is -2.13. The molecule has 1 aromatic rings. The number of benzene rings is 1. The number of carbonyl (C=O) groups is 1. The topological polar surface area (TPSA) is 26.3 Å². The molecule has 88 valence electrons. The molecule has 16 heavy (non-hydrogen) atoms. The second-order valence-corrected chi connectivity index (χ2v) is 5.21. The van der Waals surface area contributed by atoms with Crippen LogP contribution in [0.5, 0.6) is 5.75 Å². The van der Waals surface area contributed by atoms with E-state index in [9.17, 15) is 4.79 Å². The first-order chi connectivity index (χ1) is 7.54. The van der Waals surface area contributed by atoms with Crippen LogP contribution in [0.3, 0.4) is 0 Å². The largest absolute Gasteiger partial charge is 0.493 e. The number of ether oxygens (including phenoxy) is 1. The predicted molar refractivity (Wildman–Crippen MR) is 69.2 cm³/mol. The summed E-state index contributed by atoms with van der Waals surface area (Å²) in [6.45, 7) is 6.90. The highest BCUT2D eigenvalue weighted by Crippen LogP contribution is 2.27. The van der Waals surface area contributed by atoms with Gasteiger partial charge < -0.3 is 4.74 Å². The Morgan fingerprint density at radius 1 is 1.44 bits per heavy atom. The van der Waals surface area contributed by atoms with Crippen LogP contribution in [0.2, 0.25) is 0 Å². The maximum atomic E-state index is 10.9. The number of aldehydes is 1. The molecule has 0 atom stereocenters. The summed E-state index contributed by atoms with van der Waals surface area (Å²) in [5.74, 6) is 1.31. The van der Waals surface area contributed by atoms with Gasteiger partial charge in [-0.2, -0.15) is 0 Å². The molecule has 0 spiro atoms. The van der Waals surface area contributed by atoms with Gasteiger partial charge in [0.15, 0.2) is 6.29 Å². The summed E-state index contributed by atoms with van der Waals surface area (Å²) in [7, 11) is 0. The molecular formula is C13H17BrO2. The second-order valence-electron chi connectivity index (χ2n) is 4.29. The lowest BCUT2D eigenvalue weighted by Crippen LogP contribution is -2.04. The van der Waals surface area contributed by atoms with Crippen LogP contribution in [0, 0.1) is 12.8 Å². The Morgan fingerprint density at radius 2 is 2.12 bits per heavy atom. The second kappa shape index (κ2) is 6.04. The van der Waals surface area contributed by atoms with Crippen LogP contribution in [0.15, 0.2) is 16.6 Å². The molecule has 2 nitrogen and oxygen atoms in total. The molecule has 0 unspecified atom stereocenters. The van der Waals surface area contributed by atoms with Gasteiger partial charge in [-0.15, -0.1) is 0 Å². The number of halogens is 1. The first-order valence-electron chi connectivity index (χ1n) is 5.42. The SMILES string of the molecule is Cc1cc(Br)cc(C=O)c1OCCC(C)C. The fraction of sp³-hybridized carbons (Fsp3) is 0.462. The van der Waals surface area contributed by atoms with Gasteiger partial charge in [-0.05, 0) is 37.0 Å². The van der Waals surface area contributed by atoms with Gasteiger partial charge in [-0.25, -0.2) is 0 Å². The van der Waals surface area contributed by atoms with Crippen LogP contribution < -0.4 is 4.74 Å². The average molecular weight is 285 g/mol. The van der Waals surface area contributed by atoms with E-state index in [-0.39, 0.29) is 0 Å². The maximum Gasteiger partial charge on any atom is 0.153 e. The highest BCUT2D eigenvalue weighted by molar-refractivity contribution is 9.10. The molecule has 0 saturated carbocycles. The number of rotatable bonds is 5. The van der Waals surface area contributed by atoms with E-state index in [1.165, 1.54) is 0 Å². The van der Waals surface area contributed by atoms with Crippen molar-refractivity contribution < 1.29 is 9.53 Å². The van der Waals surface area contributed by atoms with Crippen molar-refractivity contribution in [3.8, 4) is 5.75 Å². The number of hydrogen-bond acceptors (Lipinski definition) is 2. The fourth-order valence-corrected chi connectivity index (χ4v) is 2.03. The van der Waals surface area contributed by atoms with Gasteiger partial charge in [-0.3, -0.25) is 4.79 Å². The minimum atomic E-state index is 0.607. The average Bonchev–Trinajstić information content (AvgIpc) is 2.20. The first kappa shape index (κ1) is 13.2. The number of hydrogen-bond donors (Lipinski definition) is 0. The van der Waals surface area contributed by atoms with Crippen molar-refractivity contribution in [3.63, 3.8) is 0 Å². The zero-order valence-electron chi connectivity index (χ0n) is 9.92. The summed E-state index contributed by atoms with van der Waals surface area (Å²) < 4.78 is 6.58. The molecule has 0 amide bonds. The van der Waals surface area contributed by atoms with Crippen molar-refractivity contribution in [3.05, 3.63) is 27.7 Å². The van der Waals surface area contributed by atoms with Crippen LogP contribution in [-0.4, -0.2) is 12.9 Å². The monoisotopic (exact) mass is 284 g/mol. The van der Waals surface area contributed by atoms with Gasteiger partial charge in [0.1, 0.15) is 5.75 Å². The summed E-state index contributed by atoms with van der Waals surface area (Å²) in [6.07, 6.45) is 1.83. The van der Waals surface area contributed by atoms with Crippen LogP contribution >= 0.6 is 15.9 Å². The van der Waals surface area contributed by atoms with Gasteiger partial charge in [-0.1, -0.05) is 29.8 Å². The molecule has 0 aliphatic heterocycles. The molecule has 0 heterocycles. The Hall–Kier alpha value is -0.830. The molecule has 0 saturated heterocycles. The minimum absolute atomic E-state index is 0.607. The molecule has 0 aliphatic rings. The standard InChI is InChI=1S/C13H17BrO2/c1-9(2)4-5-16-13-10(3)6-12(14)7-11(13)8-15/h6-9H,4-5H2,1-3H3. The van der Waals surface area contributed by atoms with Gasteiger partial charge in [0.25, 0.3) is 0 Å². The lowest BCUT2D eigenvalue weighted by atomic mass is 10.1. The third-order valence-corrected chi connectivity index (χ3v) is 2.79. The van der Waals surface area contributed by atoms with E-state index in [0.29, 0.717) is 23.8 Å². The first-order valence-corrected chi connectivity index (χ1v) is 6.22. The van der Waals surface area contributed by atoms with Crippen molar-refractivity contribution in [2.45, 2.75) is 27.2 Å². The summed E-state index contributed by atoms with van der Waals surface area (Å²) in [6, 6.07) is 3.74. The smallest absolute Gasteiger partial charge is 0.153 e. The molecule has 0 fully saturated rings. The van der Waals surface area contributed by atoms with Crippen molar-refractivity contribution in [2.75, 3.05) is 6.61 Å². The van der Waals surface area contributed by atoms with Crippen LogP contribution in [0.4, 0.5) is 0 Å². The molecule has 1 rings (SSSR count). The fourth-order valence-electron chi connectivity index (χ4n) is 1.44. The molecule has 3 heteroatoms. The van der Waals surface area contributed by atoms with Crippen LogP contribution in [-0.2, 0) is 0 Å². The van der Waals surface area contributed by atoms with E-state index >= 15 is 0 Å². The molecule has 0 N–H and O–H groups in total. The van der Waals surface area contributed by atoms with Crippen molar-refractivity contribution in [1.29, 1.82) is 0 Å². The van der Waals surface area contributed by atoms with Gasteiger partial charge >= 0.3 is 0 Å². The summed E-state index contributed by atoms with van der Waals surface area (Å²) in [4.78, 5) is 10.9. The van der Waals surface area contributed by atoms with E-state index in [2.05, 4.69) is 29.8 Å². The molecule has 0 bridgehead atoms. The molecular weight excluding hydrogens is 268 g/mol. The molecule has 0 aliphatic carbocycles. The predicted octanol–water partition coefficient (Wildman–Crippen LogP) is 3.99. The molecule has 1 aromatic carbocycles. The Labute approximate surface area is 105 Å². The van der Waals surface area contributed by atoms with Gasteiger partial charge in [0.2, 0.25) is 0 Å². The number of carbonyl (C=O) groups excluding carboxylic acids is 1. The van der Waals surface area contributed by atoms with Crippen molar-refractivity contribution >= 4 is 22.2 Å². The Balaban J connectivity index is 2.81. The van der Waals surface area contributed by atoms with Crippen LogP contribution in [0.1, 0.15) is 36.2 Å². The summed E-state index contributed by atoms with van der Waals surface area (Å²) in [5, 5.41) is 0. The van der Waals surface area contributed by atoms with Gasteiger partial charge in [0.05, 0.1) is 12.2 Å². The van der Waals surface area contributed by atoms with E-state index < -0.39 is 0 Å².